The van der Waals surface area contributed by atoms with Crippen molar-refractivity contribution >= 4 is 46.9 Å². The number of aromatic nitrogens is 2. The number of rotatable bonds is 6. The van der Waals surface area contributed by atoms with E-state index in [1.54, 1.807) is 24.4 Å². The number of methoxy groups -OCH3 is 2. The maximum absolute atomic E-state index is 12.8. The van der Waals surface area contributed by atoms with Crippen LogP contribution in [0.2, 0.25) is 5.02 Å². The van der Waals surface area contributed by atoms with E-state index < -0.39 is 23.9 Å². The number of nitrogens with zero attached hydrogens (tertiary/aromatic N) is 2. The Morgan fingerprint density at radius 3 is 2.38 bits per heavy atom. The highest BCUT2D eigenvalue weighted by molar-refractivity contribution is 6.30. The third-order valence-corrected chi connectivity index (χ3v) is 5.44. The minimum absolute atomic E-state index is 0.0554. The summed E-state index contributed by atoms with van der Waals surface area (Å²) < 4.78 is 10.8. The van der Waals surface area contributed by atoms with Crippen LogP contribution in [-0.4, -0.2) is 47.8 Å². The molecule has 174 valence electrons. The van der Waals surface area contributed by atoms with Crippen molar-refractivity contribution in [2.75, 3.05) is 24.9 Å². The Balaban J connectivity index is 1.55. The summed E-state index contributed by atoms with van der Waals surface area (Å²) >= 11 is 6.07. The topological polar surface area (TPSA) is 129 Å². The molecule has 0 aliphatic carbocycles. The summed E-state index contributed by atoms with van der Waals surface area (Å²) in [5, 5.41) is 10.2. The van der Waals surface area contributed by atoms with Gasteiger partial charge in [-0.3, -0.25) is 9.59 Å². The minimum atomic E-state index is -0.883. The predicted octanol–water partition coefficient (Wildman–Crippen LogP) is 3.30. The SMILES string of the molecule is COC(=O)c1cc(NC(=O)CC2C(=O)Nc3c(-c4cccc(Cl)c4)cnn32)cc(C(=O)OC)c1. The lowest BCUT2D eigenvalue weighted by Crippen LogP contribution is -2.23. The van der Waals surface area contributed by atoms with Crippen molar-refractivity contribution in [3.05, 3.63) is 64.8 Å². The molecule has 1 aliphatic heterocycles. The zero-order valence-electron chi connectivity index (χ0n) is 18.1. The van der Waals surface area contributed by atoms with Crippen LogP contribution in [0.15, 0.2) is 48.7 Å². The molecule has 0 saturated heterocycles. The second-order valence-electron chi connectivity index (χ2n) is 7.40. The van der Waals surface area contributed by atoms with Crippen molar-refractivity contribution < 1.29 is 28.7 Å². The van der Waals surface area contributed by atoms with Gasteiger partial charge in [-0.1, -0.05) is 23.7 Å². The summed E-state index contributed by atoms with van der Waals surface area (Å²) in [4.78, 5) is 49.3. The van der Waals surface area contributed by atoms with Crippen molar-refractivity contribution in [1.29, 1.82) is 0 Å². The molecule has 2 N–H and O–H groups in total. The first-order chi connectivity index (χ1) is 16.3. The van der Waals surface area contributed by atoms with E-state index in [-0.39, 0.29) is 29.1 Å². The van der Waals surface area contributed by atoms with E-state index in [0.717, 1.165) is 5.56 Å². The summed E-state index contributed by atoms with van der Waals surface area (Å²) in [7, 11) is 2.40. The molecule has 1 atom stereocenters. The number of amides is 2. The van der Waals surface area contributed by atoms with Crippen molar-refractivity contribution in [2.24, 2.45) is 0 Å². The van der Waals surface area contributed by atoms with Crippen LogP contribution in [0.3, 0.4) is 0 Å². The largest absolute Gasteiger partial charge is 0.465 e. The number of halogens is 1. The van der Waals surface area contributed by atoms with Crippen LogP contribution >= 0.6 is 11.6 Å². The molecule has 2 amide bonds. The summed E-state index contributed by atoms with van der Waals surface area (Å²) in [6, 6.07) is 10.2. The van der Waals surface area contributed by atoms with E-state index in [1.165, 1.54) is 37.1 Å². The number of carbonyl (C=O) groups excluding carboxylic acids is 4. The number of fused-ring (bicyclic) bond motifs is 1. The van der Waals surface area contributed by atoms with Crippen LogP contribution in [0.1, 0.15) is 33.2 Å². The fraction of sp³-hybridized carbons (Fsp3) is 0.174. The molecule has 34 heavy (non-hydrogen) atoms. The van der Waals surface area contributed by atoms with E-state index in [1.807, 2.05) is 6.07 Å². The maximum Gasteiger partial charge on any atom is 0.337 e. The predicted molar refractivity (Wildman–Crippen MR) is 123 cm³/mol. The standard InChI is InChI=1S/C23H19ClN4O6/c1-33-22(31)13-6-14(23(32)34-2)9-16(8-13)26-19(29)10-18-21(30)27-20-17(11-25-28(18)20)12-4-3-5-15(24)7-12/h3-9,11,18H,10H2,1-2H3,(H,26,29)(H,27,30). The second kappa shape index (κ2) is 9.36. The lowest BCUT2D eigenvalue weighted by atomic mass is 10.1. The summed E-state index contributed by atoms with van der Waals surface area (Å²) in [5.74, 6) is -1.83. The molecule has 0 spiro atoms. The van der Waals surface area contributed by atoms with Gasteiger partial charge >= 0.3 is 11.9 Å². The number of hydrogen-bond acceptors (Lipinski definition) is 7. The van der Waals surface area contributed by atoms with E-state index in [4.69, 9.17) is 21.1 Å². The maximum atomic E-state index is 12.8. The van der Waals surface area contributed by atoms with Gasteiger partial charge in [-0.05, 0) is 35.9 Å². The average molecular weight is 483 g/mol. The van der Waals surface area contributed by atoms with Gasteiger partial charge in [-0.2, -0.15) is 5.10 Å². The first kappa shape index (κ1) is 23.0. The highest BCUT2D eigenvalue weighted by Gasteiger charge is 2.35. The number of benzene rings is 2. The molecule has 11 heteroatoms. The fourth-order valence-corrected chi connectivity index (χ4v) is 3.83. The van der Waals surface area contributed by atoms with Crippen molar-refractivity contribution in [3.63, 3.8) is 0 Å². The van der Waals surface area contributed by atoms with Gasteiger partial charge in [0.05, 0.1) is 38.0 Å². The number of anilines is 2. The average Bonchev–Trinajstić information content (AvgIpc) is 3.36. The molecule has 1 aliphatic rings. The van der Waals surface area contributed by atoms with Crippen molar-refractivity contribution in [2.45, 2.75) is 12.5 Å². The normalized spacial score (nSPS) is 14.2. The molecule has 2 heterocycles. The van der Waals surface area contributed by atoms with Crippen LogP contribution < -0.4 is 10.6 Å². The minimum Gasteiger partial charge on any atom is -0.465 e. The number of hydrogen-bond donors (Lipinski definition) is 2. The molecule has 4 rings (SSSR count). The van der Waals surface area contributed by atoms with Gasteiger partial charge in [-0.25, -0.2) is 14.3 Å². The number of ether oxygens (including phenoxy) is 2. The molecule has 0 radical (unpaired) electrons. The molecule has 0 saturated carbocycles. The molecule has 1 aromatic heterocycles. The molecular formula is C23H19ClN4O6. The van der Waals surface area contributed by atoms with Gasteiger partial charge in [0.2, 0.25) is 5.91 Å². The van der Waals surface area contributed by atoms with Crippen LogP contribution in [0.25, 0.3) is 11.1 Å². The second-order valence-corrected chi connectivity index (χ2v) is 7.84. The number of esters is 2. The molecule has 0 bridgehead atoms. The Hall–Kier alpha value is -4.18. The Labute approximate surface area is 198 Å². The van der Waals surface area contributed by atoms with Crippen LogP contribution in [0.4, 0.5) is 11.5 Å². The first-order valence-corrected chi connectivity index (χ1v) is 10.4. The Morgan fingerprint density at radius 1 is 1.09 bits per heavy atom. The highest BCUT2D eigenvalue weighted by Crippen LogP contribution is 2.36. The van der Waals surface area contributed by atoms with Gasteiger partial charge < -0.3 is 20.1 Å². The smallest absolute Gasteiger partial charge is 0.337 e. The van der Waals surface area contributed by atoms with E-state index >= 15 is 0 Å². The van der Waals surface area contributed by atoms with Crippen molar-refractivity contribution in [3.8, 4) is 11.1 Å². The molecule has 0 fully saturated rings. The Kier molecular flexibility index (Phi) is 6.33. The van der Waals surface area contributed by atoms with Crippen LogP contribution in [0, 0.1) is 0 Å². The number of carbonyl (C=O) groups is 4. The Bertz CT molecular complexity index is 1280. The quantitative estimate of drug-likeness (QED) is 0.516. The Morgan fingerprint density at radius 2 is 1.76 bits per heavy atom. The third kappa shape index (κ3) is 4.48. The van der Waals surface area contributed by atoms with E-state index in [2.05, 4.69) is 15.7 Å². The van der Waals surface area contributed by atoms with Crippen molar-refractivity contribution in [1.82, 2.24) is 9.78 Å². The first-order valence-electron chi connectivity index (χ1n) is 10.1. The summed E-state index contributed by atoms with van der Waals surface area (Å²) in [6.45, 7) is 0. The monoisotopic (exact) mass is 482 g/mol. The molecule has 10 nitrogen and oxygen atoms in total. The zero-order chi connectivity index (χ0) is 24.4. The lowest BCUT2D eigenvalue weighted by molar-refractivity contribution is -0.123. The summed E-state index contributed by atoms with van der Waals surface area (Å²) in [5.41, 5.74) is 1.73. The van der Waals surface area contributed by atoms with Gasteiger partial charge in [0.15, 0.2) is 0 Å². The molecule has 2 aromatic carbocycles. The molecular weight excluding hydrogens is 464 g/mol. The van der Waals surface area contributed by atoms with Crippen LogP contribution in [0.5, 0.6) is 0 Å². The van der Waals surface area contributed by atoms with Gasteiger partial charge in [0.1, 0.15) is 11.9 Å². The van der Waals surface area contributed by atoms with Gasteiger partial charge in [0, 0.05) is 16.3 Å². The van der Waals surface area contributed by atoms with E-state index in [9.17, 15) is 19.2 Å². The van der Waals surface area contributed by atoms with Gasteiger partial charge in [0.25, 0.3) is 5.91 Å². The molecule has 3 aromatic rings. The van der Waals surface area contributed by atoms with Gasteiger partial charge in [-0.15, -0.1) is 0 Å². The third-order valence-electron chi connectivity index (χ3n) is 5.21. The van der Waals surface area contributed by atoms with E-state index in [0.29, 0.717) is 16.4 Å². The zero-order valence-corrected chi connectivity index (χ0v) is 18.9. The lowest BCUT2D eigenvalue weighted by Gasteiger charge is -2.12. The number of nitrogens with one attached hydrogen (secondary N) is 2. The highest BCUT2D eigenvalue weighted by atomic mass is 35.5. The molecule has 1 unspecified atom stereocenters. The van der Waals surface area contributed by atoms with Crippen LogP contribution in [-0.2, 0) is 19.1 Å². The fourth-order valence-electron chi connectivity index (χ4n) is 3.64. The summed E-state index contributed by atoms with van der Waals surface area (Å²) in [6.07, 6.45) is 1.36.